The molecule has 0 radical (unpaired) electrons. The minimum atomic E-state index is 0.376. The molecular weight excluding hydrogens is 284 g/mol. The van der Waals surface area contributed by atoms with E-state index in [4.69, 9.17) is 21.7 Å². The van der Waals surface area contributed by atoms with Crippen LogP contribution in [0, 0.1) is 4.77 Å². The molecule has 21 heavy (non-hydrogen) atoms. The summed E-state index contributed by atoms with van der Waals surface area (Å²) in [5.41, 5.74) is 2.11. The molecule has 5 heteroatoms. The quantitative estimate of drug-likeness (QED) is 0.847. The zero-order valence-electron chi connectivity index (χ0n) is 12.4. The van der Waals surface area contributed by atoms with E-state index in [0.717, 1.165) is 41.1 Å². The molecule has 0 amide bonds. The number of hydrogen-bond acceptors (Lipinski definition) is 3. The van der Waals surface area contributed by atoms with Gasteiger partial charge >= 0.3 is 0 Å². The van der Waals surface area contributed by atoms with Gasteiger partial charge in [-0.2, -0.15) is 0 Å². The Balaban J connectivity index is 1.82. The largest absolute Gasteiger partial charge is 0.492 e. The number of aromatic amines is 1. The fourth-order valence-corrected chi connectivity index (χ4v) is 3.25. The second-order valence-electron chi connectivity index (χ2n) is 5.44. The maximum absolute atomic E-state index is 5.81. The van der Waals surface area contributed by atoms with E-state index in [-0.39, 0.29) is 0 Å². The highest BCUT2D eigenvalue weighted by Gasteiger charge is 2.15. The van der Waals surface area contributed by atoms with Gasteiger partial charge in [-0.15, -0.1) is 0 Å². The monoisotopic (exact) mass is 306 g/mol. The number of H-pyrrole nitrogens is 1. The minimum absolute atomic E-state index is 0.376. The Bertz CT molecular complexity index is 656. The van der Waals surface area contributed by atoms with Crippen LogP contribution in [-0.2, 0) is 11.3 Å². The van der Waals surface area contributed by atoms with E-state index in [9.17, 15) is 0 Å². The number of ether oxygens (including phenoxy) is 2. The van der Waals surface area contributed by atoms with E-state index in [0.29, 0.717) is 12.7 Å². The molecule has 2 heterocycles. The second-order valence-corrected chi connectivity index (χ2v) is 5.83. The number of aryl methyl sites for hydroxylation is 1. The van der Waals surface area contributed by atoms with Gasteiger partial charge in [-0.25, -0.2) is 0 Å². The van der Waals surface area contributed by atoms with Crippen LogP contribution in [0.3, 0.4) is 0 Å². The Morgan fingerprint density at radius 2 is 2.33 bits per heavy atom. The van der Waals surface area contributed by atoms with Gasteiger partial charge in [0.05, 0.1) is 18.2 Å². The molecule has 0 saturated carbocycles. The topological polar surface area (TPSA) is 39.2 Å². The molecule has 1 aromatic carbocycles. The molecule has 1 N–H and O–H groups in total. The predicted molar refractivity (Wildman–Crippen MR) is 86.5 cm³/mol. The van der Waals surface area contributed by atoms with Gasteiger partial charge in [0.1, 0.15) is 11.3 Å². The molecule has 0 spiro atoms. The molecule has 3 rings (SSSR count). The fraction of sp³-hybridized carbons (Fsp3) is 0.562. The number of fused-ring (bicyclic) bond motifs is 1. The van der Waals surface area contributed by atoms with Crippen molar-refractivity contribution >= 4 is 23.3 Å². The average molecular weight is 306 g/mol. The Labute approximate surface area is 130 Å². The van der Waals surface area contributed by atoms with E-state index >= 15 is 0 Å². The highest BCUT2D eigenvalue weighted by Crippen LogP contribution is 2.26. The average Bonchev–Trinajstić information content (AvgIpc) is 2.83. The van der Waals surface area contributed by atoms with Crippen LogP contribution >= 0.6 is 12.2 Å². The number of imidazole rings is 1. The van der Waals surface area contributed by atoms with Gasteiger partial charge in [-0.1, -0.05) is 6.07 Å². The fourth-order valence-electron chi connectivity index (χ4n) is 2.96. The van der Waals surface area contributed by atoms with Gasteiger partial charge in [0, 0.05) is 13.2 Å². The SMILES string of the molecule is CCOc1cccc2c1[nH]c(=S)n2CCC1CCCCO1. The van der Waals surface area contributed by atoms with Crippen molar-refractivity contribution in [2.75, 3.05) is 13.2 Å². The zero-order chi connectivity index (χ0) is 14.7. The van der Waals surface area contributed by atoms with Gasteiger partial charge < -0.3 is 19.0 Å². The first-order chi connectivity index (χ1) is 10.3. The van der Waals surface area contributed by atoms with Crippen LogP contribution < -0.4 is 4.74 Å². The third-order valence-electron chi connectivity index (χ3n) is 4.02. The number of nitrogens with one attached hydrogen (secondary N) is 1. The molecular formula is C16H22N2O2S. The summed E-state index contributed by atoms with van der Waals surface area (Å²) in [6.07, 6.45) is 5.03. The number of para-hydroxylation sites is 1. The molecule has 1 atom stereocenters. The molecule has 1 saturated heterocycles. The van der Waals surface area contributed by atoms with Gasteiger partial charge in [-0.3, -0.25) is 0 Å². The smallest absolute Gasteiger partial charge is 0.178 e. The van der Waals surface area contributed by atoms with Crippen LogP contribution in [0.1, 0.15) is 32.6 Å². The second kappa shape index (κ2) is 6.62. The van der Waals surface area contributed by atoms with Crippen molar-refractivity contribution in [1.82, 2.24) is 9.55 Å². The molecule has 1 fully saturated rings. The maximum Gasteiger partial charge on any atom is 0.178 e. The van der Waals surface area contributed by atoms with E-state index in [1.807, 2.05) is 19.1 Å². The van der Waals surface area contributed by atoms with Crippen molar-refractivity contribution < 1.29 is 9.47 Å². The van der Waals surface area contributed by atoms with Crippen molar-refractivity contribution in [3.05, 3.63) is 23.0 Å². The summed E-state index contributed by atoms with van der Waals surface area (Å²) < 4.78 is 14.4. The summed E-state index contributed by atoms with van der Waals surface area (Å²) in [5.74, 6) is 0.869. The number of rotatable bonds is 5. The van der Waals surface area contributed by atoms with Gasteiger partial charge in [-0.05, 0) is 57.0 Å². The Kier molecular flexibility index (Phi) is 4.60. The lowest BCUT2D eigenvalue weighted by Crippen LogP contribution is -2.20. The lowest BCUT2D eigenvalue weighted by Gasteiger charge is -2.22. The van der Waals surface area contributed by atoms with Crippen LogP contribution in [0.15, 0.2) is 18.2 Å². The lowest BCUT2D eigenvalue weighted by atomic mass is 10.1. The molecule has 0 aliphatic carbocycles. The standard InChI is InChI=1S/C16H22N2O2S/c1-2-19-14-8-5-7-13-15(14)17-16(21)18(13)10-9-12-6-3-4-11-20-12/h5,7-8,12H,2-4,6,9-11H2,1H3,(H,17,21). The Morgan fingerprint density at radius 3 is 3.10 bits per heavy atom. The maximum atomic E-state index is 5.81. The zero-order valence-corrected chi connectivity index (χ0v) is 13.2. The molecule has 1 aliphatic rings. The molecule has 1 aromatic heterocycles. The Morgan fingerprint density at radius 1 is 1.43 bits per heavy atom. The predicted octanol–water partition coefficient (Wildman–Crippen LogP) is 4.06. The van der Waals surface area contributed by atoms with Crippen LogP contribution in [0.5, 0.6) is 5.75 Å². The third-order valence-corrected chi connectivity index (χ3v) is 4.34. The van der Waals surface area contributed by atoms with Gasteiger partial charge in [0.25, 0.3) is 0 Å². The summed E-state index contributed by atoms with van der Waals surface area (Å²) in [4.78, 5) is 3.28. The lowest BCUT2D eigenvalue weighted by molar-refractivity contribution is 0.00892. The van der Waals surface area contributed by atoms with Crippen LogP contribution in [0.2, 0.25) is 0 Å². The number of benzene rings is 1. The van der Waals surface area contributed by atoms with E-state index < -0.39 is 0 Å². The van der Waals surface area contributed by atoms with Crippen molar-refractivity contribution in [3.63, 3.8) is 0 Å². The molecule has 1 unspecified atom stereocenters. The summed E-state index contributed by atoms with van der Waals surface area (Å²) in [5, 5.41) is 0. The molecule has 4 nitrogen and oxygen atoms in total. The molecule has 1 aliphatic heterocycles. The Hall–Kier alpha value is -1.33. The van der Waals surface area contributed by atoms with Crippen molar-refractivity contribution in [1.29, 1.82) is 0 Å². The van der Waals surface area contributed by atoms with E-state index in [1.165, 1.54) is 19.3 Å². The molecule has 114 valence electrons. The van der Waals surface area contributed by atoms with Crippen molar-refractivity contribution in [2.24, 2.45) is 0 Å². The van der Waals surface area contributed by atoms with E-state index in [2.05, 4.69) is 15.6 Å². The van der Waals surface area contributed by atoms with Crippen molar-refractivity contribution in [3.8, 4) is 5.75 Å². The first-order valence-electron chi connectivity index (χ1n) is 7.75. The van der Waals surface area contributed by atoms with Gasteiger partial charge in [0.15, 0.2) is 4.77 Å². The van der Waals surface area contributed by atoms with Gasteiger partial charge in [0.2, 0.25) is 0 Å². The van der Waals surface area contributed by atoms with E-state index in [1.54, 1.807) is 0 Å². The minimum Gasteiger partial charge on any atom is -0.492 e. The summed E-state index contributed by atoms with van der Waals surface area (Å²) >= 11 is 5.47. The first-order valence-corrected chi connectivity index (χ1v) is 8.16. The van der Waals surface area contributed by atoms with Crippen LogP contribution in [0.25, 0.3) is 11.0 Å². The number of nitrogens with zero attached hydrogens (tertiary/aromatic N) is 1. The summed E-state index contributed by atoms with van der Waals surface area (Å²) in [6, 6.07) is 6.08. The third kappa shape index (κ3) is 3.14. The number of aromatic nitrogens is 2. The molecule has 2 aromatic rings. The van der Waals surface area contributed by atoms with Crippen molar-refractivity contribution in [2.45, 2.75) is 45.3 Å². The molecule has 0 bridgehead atoms. The van der Waals surface area contributed by atoms with Crippen LogP contribution in [-0.4, -0.2) is 28.9 Å². The van der Waals surface area contributed by atoms with Crippen LogP contribution in [0.4, 0.5) is 0 Å². The normalized spacial score (nSPS) is 19.0. The summed E-state index contributed by atoms with van der Waals surface area (Å²) in [7, 11) is 0. The number of hydrogen-bond donors (Lipinski definition) is 1. The highest BCUT2D eigenvalue weighted by atomic mass is 32.1. The first kappa shape index (κ1) is 14.6. The highest BCUT2D eigenvalue weighted by molar-refractivity contribution is 7.71. The summed E-state index contributed by atoms with van der Waals surface area (Å²) in [6.45, 7) is 4.43.